The van der Waals surface area contributed by atoms with Crippen molar-refractivity contribution in [1.29, 1.82) is 5.26 Å². The highest BCUT2D eigenvalue weighted by atomic mass is 32.2. The van der Waals surface area contributed by atoms with Gasteiger partial charge in [-0.25, -0.2) is 4.98 Å². The Bertz CT molecular complexity index is 1110. The molecule has 0 bridgehead atoms. The number of hydrogen-bond donors (Lipinski definition) is 2. The number of nitrogens with zero attached hydrogens (tertiary/aromatic N) is 2. The van der Waals surface area contributed by atoms with Gasteiger partial charge < -0.3 is 19.6 Å². The monoisotopic (exact) mass is 417 g/mol. The standard InChI is InChI=1S/C20H17F2N3O3S/c1-20(2)17(26)16(12-7-10(9-23)3-6-15(12)28-20)29-19-24-13-5-4-11(27-18(21)22)8-14(13)25-19/h3-8,16-18,26H,1-2H3,(H,24,25)/t16-,17+/m1/s1. The molecule has 4 rings (SSSR count). The van der Waals surface area contributed by atoms with Crippen LogP contribution in [0.5, 0.6) is 11.5 Å². The van der Waals surface area contributed by atoms with Crippen molar-refractivity contribution in [1.82, 2.24) is 9.97 Å². The zero-order valence-electron chi connectivity index (χ0n) is 15.5. The predicted molar refractivity (Wildman–Crippen MR) is 103 cm³/mol. The van der Waals surface area contributed by atoms with Gasteiger partial charge in [-0.15, -0.1) is 0 Å². The number of H-pyrrole nitrogens is 1. The van der Waals surface area contributed by atoms with Gasteiger partial charge in [0.1, 0.15) is 23.2 Å². The number of aromatic nitrogens is 2. The molecule has 2 heterocycles. The van der Waals surface area contributed by atoms with E-state index in [2.05, 4.69) is 20.8 Å². The first kappa shape index (κ1) is 19.5. The van der Waals surface area contributed by atoms with Crippen LogP contribution in [0.1, 0.15) is 30.2 Å². The van der Waals surface area contributed by atoms with E-state index in [-0.39, 0.29) is 5.75 Å². The lowest BCUT2D eigenvalue weighted by atomic mass is 9.90. The molecule has 0 fully saturated rings. The number of aliphatic hydroxyl groups is 1. The number of aliphatic hydroxyl groups excluding tert-OH is 1. The zero-order valence-corrected chi connectivity index (χ0v) is 16.3. The number of ether oxygens (including phenoxy) is 2. The van der Waals surface area contributed by atoms with Crippen LogP contribution in [0.2, 0.25) is 0 Å². The van der Waals surface area contributed by atoms with Crippen molar-refractivity contribution in [2.24, 2.45) is 0 Å². The quantitative estimate of drug-likeness (QED) is 0.654. The maximum Gasteiger partial charge on any atom is 0.387 e. The smallest absolute Gasteiger partial charge is 0.387 e. The van der Waals surface area contributed by atoms with E-state index in [1.54, 1.807) is 38.1 Å². The van der Waals surface area contributed by atoms with Gasteiger partial charge in [0.25, 0.3) is 0 Å². The highest BCUT2D eigenvalue weighted by Gasteiger charge is 2.43. The number of rotatable bonds is 4. The van der Waals surface area contributed by atoms with Gasteiger partial charge in [-0.05, 0) is 44.2 Å². The third-order valence-electron chi connectivity index (χ3n) is 4.71. The minimum absolute atomic E-state index is 0.0202. The zero-order chi connectivity index (χ0) is 20.8. The summed E-state index contributed by atoms with van der Waals surface area (Å²) in [6, 6.07) is 11.6. The van der Waals surface area contributed by atoms with Crippen molar-refractivity contribution >= 4 is 22.8 Å². The van der Waals surface area contributed by atoms with E-state index in [1.165, 1.54) is 23.9 Å². The van der Waals surface area contributed by atoms with Crippen molar-refractivity contribution in [3.05, 3.63) is 47.5 Å². The van der Waals surface area contributed by atoms with Crippen molar-refractivity contribution in [3.63, 3.8) is 0 Å². The first-order chi connectivity index (χ1) is 13.8. The SMILES string of the molecule is CC1(C)Oc2ccc(C#N)cc2[C@@H](Sc2nc3cc(OC(F)F)ccc3[nH]2)[C@@H]1O. The van der Waals surface area contributed by atoms with Crippen molar-refractivity contribution in [2.45, 2.75) is 42.6 Å². The number of fused-ring (bicyclic) bond motifs is 2. The molecule has 0 radical (unpaired) electrons. The first-order valence-corrected chi connectivity index (χ1v) is 9.67. The number of thioether (sulfide) groups is 1. The number of nitrogens with one attached hydrogen (secondary N) is 1. The van der Waals surface area contributed by atoms with E-state index >= 15 is 0 Å². The molecule has 0 unspecified atom stereocenters. The Morgan fingerprint density at radius 2 is 2.10 bits per heavy atom. The Morgan fingerprint density at radius 3 is 2.83 bits per heavy atom. The van der Waals surface area contributed by atoms with E-state index in [4.69, 9.17) is 4.74 Å². The molecule has 2 atom stereocenters. The summed E-state index contributed by atoms with van der Waals surface area (Å²) in [6.07, 6.45) is -0.875. The maximum absolute atomic E-state index is 12.4. The summed E-state index contributed by atoms with van der Waals surface area (Å²) in [5, 5.41) is 20.2. The molecule has 2 N–H and O–H groups in total. The Hall–Kier alpha value is -2.83. The molecule has 1 aliphatic rings. The fourth-order valence-corrected chi connectivity index (χ4v) is 4.58. The fraction of sp³-hybridized carbons (Fsp3) is 0.300. The van der Waals surface area contributed by atoms with Gasteiger partial charge in [0.05, 0.1) is 27.9 Å². The average Bonchev–Trinajstić information content (AvgIpc) is 3.06. The molecule has 1 aliphatic heterocycles. The molecule has 6 nitrogen and oxygen atoms in total. The highest BCUT2D eigenvalue weighted by Crippen LogP contribution is 2.49. The summed E-state index contributed by atoms with van der Waals surface area (Å²) < 4.78 is 35.2. The van der Waals surface area contributed by atoms with Gasteiger partial charge in [0, 0.05) is 11.6 Å². The number of halogens is 2. The molecule has 0 saturated carbocycles. The molecule has 0 saturated heterocycles. The molecule has 9 heteroatoms. The van der Waals surface area contributed by atoms with Gasteiger partial charge in [0.2, 0.25) is 0 Å². The molecule has 150 valence electrons. The van der Waals surface area contributed by atoms with Gasteiger partial charge in [-0.2, -0.15) is 14.0 Å². The van der Waals surface area contributed by atoms with E-state index < -0.39 is 23.6 Å². The molecule has 0 amide bonds. The maximum atomic E-state index is 12.4. The lowest BCUT2D eigenvalue weighted by Crippen LogP contribution is -2.48. The lowest BCUT2D eigenvalue weighted by molar-refractivity contribution is -0.0497. The Labute approximate surface area is 169 Å². The lowest BCUT2D eigenvalue weighted by Gasteiger charge is -2.41. The number of hydrogen-bond acceptors (Lipinski definition) is 6. The summed E-state index contributed by atoms with van der Waals surface area (Å²) in [7, 11) is 0. The third kappa shape index (κ3) is 3.73. The van der Waals surface area contributed by atoms with Gasteiger partial charge in [-0.3, -0.25) is 0 Å². The van der Waals surface area contributed by atoms with Crippen LogP contribution >= 0.6 is 11.8 Å². The third-order valence-corrected chi connectivity index (χ3v) is 5.90. The number of alkyl halides is 2. The first-order valence-electron chi connectivity index (χ1n) is 8.79. The van der Waals surface area contributed by atoms with E-state index in [9.17, 15) is 19.1 Å². The molecular formula is C20H17F2N3O3S. The van der Waals surface area contributed by atoms with Gasteiger partial charge in [0.15, 0.2) is 5.16 Å². The molecule has 2 aromatic carbocycles. The molecule has 0 spiro atoms. The van der Waals surface area contributed by atoms with E-state index in [0.717, 1.165) is 0 Å². The second-order valence-electron chi connectivity index (χ2n) is 7.15. The number of nitriles is 1. The van der Waals surface area contributed by atoms with Crippen LogP contribution < -0.4 is 9.47 Å². The summed E-state index contributed by atoms with van der Waals surface area (Å²) in [6.45, 7) is 0.670. The van der Waals surface area contributed by atoms with E-state index in [0.29, 0.717) is 33.1 Å². The normalized spacial score (nSPS) is 20.2. The summed E-state index contributed by atoms with van der Waals surface area (Å²) in [5.41, 5.74) is 1.44. The largest absolute Gasteiger partial charge is 0.485 e. The summed E-state index contributed by atoms with van der Waals surface area (Å²) in [4.78, 5) is 7.56. The van der Waals surface area contributed by atoms with Crippen LogP contribution in [0.3, 0.4) is 0 Å². The van der Waals surface area contributed by atoms with Crippen LogP contribution in [0, 0.1) is 11.3 Å². The number of benzene rings is 2. The van der Waals surface area contributed by atoms with Gasteiger partial charge >= 0.3 is 6.61 Å². The topological polar surface area (TPSA) is 91.2 Å². The van der Waals surface area contributed by atoms with Crippen LogP contribution in [-0.2, 0) is 0 Å². The Morgan fingerprint density at radius 1 is 1.31 bits per heavy atom. The van der Waals surface area contributed by atoms with E-state index in [1.807, 2.05) is 0 Å². The van der Waals surface area contributed by atoms with Gasteiger partial charge in [-0.1, -0.05) is 11.8 Å². The number of imidazole rings is 1. The summed E-state index contributed by atoms with van der Waals surface area (Å²) in [5.74, 6) is 0.618. The Balaban J connectivity index is 1.70. The van der Waals surface area contributed by atoms with Crippen molar-refractivity contribution in [3.8, 4) is 17.6 Å². The Kier molecular flexibility index (Phi) is 4.84. The van der Waals surface area contributed by atoms with Crippen molar-refractivity contribution in [2.75, 3.05) is 0 Å². The van der Waals surface area contributed by atoms with Crippen LogP contribution in [0.15, 0.2) is 41.6 Å². The predicted octanol–water partition coefficient (Wildman–Crippen LogP) is 4.40. The second kappa shape index (κ2) is 7.21. The fourth-order valence-electron chi connectivity index (χ4n) is 3.25. The second-order valence-corrected chi connectivity index (χ2v) is 8.28. The average molecular weight is 417 g/mol. The molecule has 29 heavy (non-hydrogen) atoms. The van der Waals surface area contributed by atoms with Crippen LogP contribution in [0.4, 0.5) is 8.78 Å². The summed E-state index contributed by atoms with van der Waals surface area (Å²) >= 11 is 1.29. The van der Waals surface area contributed by atoms with Crippen molar-refractivity contribution < 1.29 is 23.4 Å². The minimum atomic E-state index is -2.91. The molecular weight excluding hydrogens is 400 g/mol. The van der Waals surface area contributed by atoms with Crippen LogP contribution in [0.25, 0.3) is 11.0 Å². The number of aromatic amines is 1. The molecule has 1 aromatic heterocycles. The molecule has 0 aliphatic carbocycles. The van der Waals surface area contributed by atoms with Crippen LogP contribution in [-0.4, -0.2) is 33.4 Å². The molecule has 3 aromatic rings. The minimum Gasteiger partial charge on any atom is -0.485 e. The highest BCUT2D eigenvalue weighted by molar-refractivity contribution is 7.99.